The van der Waals surface area contributed by atoms with Crippen LogP contribution in [-0.2, 0) is 22.4 Å². The van der Waals surface area contributed by atoms with Crippen molar-refractivity contribution in [2.45, 2.75) is 12.8 Å². The van der Waals surface area contributed by atoms with E-state index in [-0.39, 0.29) is 36.3 Å². The molecule has 0 spiro atoms. The van der Waals surface area contributed by atoms with Crippen LogP contribution in [0.5, 0.6) is 0 Å². The number of hydrogen-bond donors (Lipinski definition) is 0. The van der Waals surface area contributed by atoms with Gasteiger partial charge in [-0.3, -0.25) is 9.59 Å². The summed E-state index contributed by atoms with van der Waals surface area (Å²) in [5.41, 5.74) is 1.01. The molecule has 0 unspecified atom stereocenters. The number of amides is 2. The van der Waals surface area contributed by atoms with E-state index in [0.29, 0.717) is 37.3 Å². The van der Waals surface area contributed by atoms with Crippen LogP contribution in [0.15, 0.2) is 48.5 Å². The van der Waals surface area contributed by atoms with Gasteiger partial charge in [0.1, 0.15) is 11.6 Å². The maximum absolute atomic E-state index is 13.7. The van der Waals surface area contributed by atoms with Crippen molar-refractivity contribution in [1.29, 1.82) is 0 Å². The van der Waals surface area contributed by atoms with E-state index in [2.05, 4.69) is 0 Å². The Bertz CT molecular complexity index is 802. The smallest absolute Gasteiger partial charge is 0.227 e. The molecule has 1 heterocycles. The fourth-order valence-electron chi connectivity index (χ4n) is 3.06. The molecule has 0 atom stereocenters. The lowest BCUT2D eigenvalue weighted by atomic mass is 10.1. The molecule has 1 aliphatic heterocycles. The SMILES string of the molecule is O=C(Cc1cccc(F)c1)N1CCN(C(=O)Cc2ccccc2F)CC1. The van der Waals surface area contributed by atoms with Crippen LogP contribution in [-0.4, -0.2) is 47.8 Å². The summed E-state index contributed by atoms with van der Waals surface area (Å²) in [6.45, 7) is 1.69. The second kappa shape index (κ2) is 8.08. The number of halogens is 2. The molecule has 0 bridgehead atoms. The first-order valence-corrected chi connectivity index (χ1v) is 8.56. The lowest BCUT2D eigenvalue weighted by Gasteiger charge is -2.35. The monoisotopic (exact) mass is 358 g/mol. The summed E-state index contributed by atoms with van der Waals surface area (Å²) in [4.78, 5) is 28.0. The number of benzene rings is 2. The van der Waals surface area contributed by atoms with Crippen molar-refractivity contribution in [3.8, 4) is 0 Å². The van der Waals surface area contributed by atoms with Gasteiger partial charge in [0.15, 0.2) is 0 Å². The third-order valence-electron chi connectivity index (χ3n) is 4.53. The van der Waals surface area contributed by atoms with Crippen LogP contribution in [0.25, 0.3) is 0 Å². The lowest BCUT2D eigenvalue weighted by molar-refractivity contribution is -0.138. The third kappa shape index (κ3) is 4.45. The van der Waals surface area contributed by atoms with Crippen LogP contribution >= 0.6 is 0 Å². The molecule has 2 aromatic carbocycles. The van der Waals surface area contributed by atoms with Gasteiger partial charge in [-0.2, -0.15) is 0 Å². The van der Waals surface area contributed by atoms with Crippen molar-refractivity contribution in [2.24, 2.45) is 0 Å². The van der Waals surface area contributed by atoms with Crippen LogP contribution in [0.2, 0.25) is 0 Å². The minimum absolute atomic E-state index is 0.0178. The Labute approximate surface area is 151 Å². The number of nitrogens with zero attached hydrogens (tertiary/aromatic N) is 2. The number of carbonyl (C=O) groups excluding carboxylic acids is 2. The molecule has 0 aromatic heterocycles. The van der Waals surface area contributed by atoms with Crippen molar-refractivity contribution in [3.05, 3.63) is 71.3 Å². The predicted molar refractivity (Wildman–Crippen MR) is 93.4 cm³/mol. The van der Waals surface area contributed by atoms with Gasteiger partial charge in [0.05, 0.1) is 12.8 Å². The van der Waals surface area contributed by atoms with Crippen molar-refractivity contribution < 1.29 is 18.4 Å². The summed E-state index contributed by atoms with van der Waals surface area (Å²) in [5.74, 6) is -0.979. The normalized spacial score (nSPS) is 14.4. The average Bonchev–Trinajstić information content (AvgIpc) is 2.64. The Hall–Kier alpha value is -2.76. The molecular weight excluding hydrogens is 338 g/mol. The molecule has 1 fully saturated rings. The van der Waals surface area contributed by atoms with Gasteiger partial charge in [-0.25, -0.2) is 8.78 Å². The predicted octanol–water partition coefficient (Wildman–Crippen LogP) is 2.42. The zero-order valence-electron chi connectivity index (χ0n) is 14.3. The highest BCUT2D eigenvalue weighted by Crippen LogP contribution is 2.12. The lowest BCUT2D eigenvalue weighted by Crippen LogP contribution is -2.51. The molecule has 4 nitrogen and oxygen atoms in total. The fourth-order valence-corrected chi connectivity index (χ4v) is 3.06. The van der Waals surface area contributed by atoms with E-state index in [4.69, 9.17) is 0 Å². The van der Waals surface area contributed by atoms with Crippen LogP contribution in [0.1, 0.15) is 11.1 Å². The van der Waals surface area contributed by atoms with E-state index in [9.17, 15) is 18.4 Å². The molecule has 136 valence electrons. The summed E-state index contributed by atoms with van der Waals surface area (Å²) in [7, 11) is 0. The number of carbonyl (C=O) groups is 2. The van der Waals surface area contributed by atoms with Crippen LogP contribution in [0.3, 0.4) is 0 Å². The molecular formula is C20H20F2N2O2. The molecule has 0 saturated carbocycles. The summed E-state index contributed by atoms with van der Waals surface area (Å²) >= 11 is 0. The minimum Gasteiger partial charge on any atom is -0.339 e. The second-order valence-electron chi connectivity index (χ2n) is 6.34. The van der Waals surface area contributed by atoms with E-state index in [1.54, 1.807) is 40.1 Å². The maximum Gasteiger partial charge on any atom is 0.227 e. The first-order chi connectivity index (χ1) is 12.5. The molecule has 1 saturated heterocycles. The standard InChI is InChI=1S/C20H20F2N2O2/c21-17-6-3-4-15(12-17)13-19(25)23-8-10-24(11-9-23)20(26)14-16-5-1-2-7-18(16)22/h1-7,12H,8-11,13-14H2. The van der Waals surface area contributed by atoms with Crippen molar-refractivity contribution in [2.75, 3.05) is 26.2 Å². The Balaban J connectivity index is 1.51. The Morgan fingerprint density at radius 2 is 1.42 bits per heavy atom. The zero-order valence-corrected chi connectivity index (χ0v) is 14.3. The van der Waals surface area contributed by atoms with E-state index >= 15 is 0 Å². The molecule has 2 aromatic rings. The largest absolute Gasteiger partial charge is 0.339 e. The summed E-state index contributed by atoms with van der Waals surface area (Å²) in [5, 5.41) is 0. The first kappa shape index (κ1) is 18.0. The van der Waals surface area contributed by atoms with Crippen molar-refractivity contribution in [1.82, 2.24) is 9.80 Å². The van der Waals surface area contributed by atoms with Crippen LogP contribution in [0.4, 0.5) is 8.78 Å². The summed E-state index contributed by atoms with van der Waals surface area (Å²) in [6, 6.07) is 12.2. The molecule has 0 aliphatic carbocycles. The van der Waals surface area contributed by atoms with Crippen LogP contribution < -0.4 is 0 Å². The second-order valence-corrected chi connectivity index (χ2v) is 6.34. The van der Waals surface area contributed by atoms with Crippen LogP contribution in [0, 0.1) is 11.6 Å². The van der Waals surface area contributed by atoms with Gasteiger partial charge in [-0.1, -0.05) is 30.3 Å². The minimum atomic E-state index is -0.384. The molecule has 0 radical (unpaired) electrons. The third-order valence-corrected chi connectivity index (χ3v) is 4.53. The Morgan fingerprint density at radius 3 is 2.04 bits per heavy atom. The summed E-state index contributed by atoms with van der Waals surface area (Å²) in [6.07, 6.45) is 0.158. The summed E-state index contributed by atoms with van der Waals surface area (Å²) < 4.78 is 26.9. The highest BCUT2D eigenvalue weighted by atomic mass is 19.1. The zero-order chi connectivity index (χ0) is 18.5. The van der Waals surface area contributed by atoms with Gasteiger partial charge in [0, 0.05) is 26.2 Å². The molecule has 1 aliphatic rings. The molecule has 6 heteroatoms. The van der Waals surface area contributed by atoms with Gasteiger partial charge in [-0.15, -0.1) is 0 Å². The molecule has 3 rings (SSSR count). The van der Waals surface area contributed by atoms with Gasteiger partial charge < -0.3 is 9.80 Å². The van der Waals surface area contributed by atoms with E-state index in [0.717, 1.165) is 0 Å². The quantitative estimate of drug-likeness (QED) is 0.842. The highest BCUT2D eigenvalue weighted by Gasteiger charge is 2.24. The topological polar surface area (TPSA) is 40.6 Å². The number of rotatable bonds is 4. The van der Waals surface area contributed by atoms with Crippen molar-refractivity contribution in [3.63, 3.8) is 0 Å². The fraction of sp³-hybridized carbons (Fsp3) is 0.300. The maximum atomic E-state index is 13.7. The van der Waals surface area contributed by atoms with E-state index in [1.165, 1.54) is 18.2 Å². The van der Waals surface area contributed by atoms with E-state index < -0.39 is 0 Å². The van der Waals surface area contributed by atoms with E-state index in [1.807, 2.05) is 0 Å². The molecule has 0 N–H and O–H groups in total. The van der Waals surface area contributed by atoms with Gasteiger partial charge in [0.25, 0.3) is 0 Å². The average molecular weight is 358 g/mol. The van der Waals surface area contributed by atoms with Crippen molar-refractivity contribution >= 4 is 11.8 Å². The Morgan fingerprint density at radius 1 is 0.808 bits per heavy atom. The highest BCUT2D eigenvalue weighted by molar-refractivity contribution is 5.81. The Kier molecular flexibility index (Phi) is 5.61. The molecule has 26 heavy (non-hydrogen) atoms. The number of piperazine rings is 1. The first-order valence-electron chi connectivity index (χ1n) is 8.56. The van der Waals surface area contributed by atoms with Gasteiger partial charge >= 0.3 is 0 Å². The van der Waals surface area contributed by atoms with Gasteiger partial charge in [0.2, 0.25) is 11.8 Å². The molecule has 2 amide bonds. The van der Waals surface area contributed by atoms with Gasteiger partial charge in [-0.05, 0) is 29.3 Å². The number of hydrogen-bond acceptors (Lipinski definition) is 2.